The maximum absolute atomic E-state index is 12.0. The van der Waals surface area contributed by atoms with Gasteiger partial charge in [-0.3, -0.25) is 14.9 Å². The molecule has 110 valence electrons. The number of carbonyl (C=O) groups excluding carboxylic acids is 1. The molecule has 9 heteroatoms. The summed E-state index contributed by atoms with van der Waals surface area (Å²) >= 11 is 5.87. The van der Waals surface area contributed by atoms with E-state index in [0.29, 0.717) is 13.0 Å². The molecule has 1 amide bonds. The van der Waals surface area contributed by atoms with E-state index < -0.39 is 10.8 Å². The maximum atomic E-state index is 12.0. The Morgan fingerprint density at radius 3 is 2.90 bits per heavy atom. The summed E-state index contributed by atoms with van der Waals surface area (Å²) in [5.74, 6) is 0.256. The van der Waals surface area contributed by atoms with Crippen LogP contribution in [0.3, 0.4) is 0 Å². The molecule has 2 aromatic rings. The highest BCUT2D eigenvalue weighted by molar-refractivity contribution is 6.35. The monoisotopic (exact) mass is 309 g/mol. The second-order valence-corrected chi connectivity index (χ2v) is 4.64. The number of amides is 1. The molecule has 8 nitrogen and oxygen atoms in total. The van der Waals surface area contributed by atoms with E-state index in [1.54, 1.807) is 17.9 Å². The molecule has 1 N–H and O–H groups in total. The zero-order valence-electron chi connectivity index (χ0n) is 11.1. The van der Waals surface area contributed by atoms with E-state index in [4.69, 9.17) is 11.6 Å². The van der Waals surface area contributed by atoms with Crippen LogP contribution in [0.25, 0.3) is 0 Å². The summed E-state index contributed by atoms with van der Waals surface area (Å²) < 4.78 is 1.74. The van der Waals surface area contributed by atoms with Gasteiger partial charge in [-0.2, -0.15) is 0 Å². The number of carbonyl (C=O) groups is 1. The van der Waals surface area contributed by atoms with Gasteiger partial charge < -0.3 is 9.88 Å². The molecule has 0 aliphatic rings. The molecule has 0 unspecified atom stereocenters. The van der Waals surface area contributed by atoms with Gasteiger partial charge in [-0.25, -0.2) is 0 Å². The Hall–Kier alpha value is -2.48. The predicted octanol–water partition coefficient (Wildman–Crippen LogP) is 1.35. The molecule has 1 aromatic carbocycles. The Labute approximate surface area is 124 Å². The highest BCUT2D eigenvalue weighted by atomic mass is 35.5. The number of nitrogens with zero attached hydrogens (tertiary/aromatic N) is 4. The van der Waals surface area contributed by atoms with Gasteiger partial charge in [0.05, 0.1) is 10.5 Å². The van der Waals surface area contributed by atoms with Crippen LogP contribution in [0.1, 0.15) is 16.2 Å². The number of rotatable bonds is 5. The van der Waals surface area contributed by atoms with Crippen LogP contribution < -0.4 is 5.32 Å². The van der Waals surface area contributed by atoms with Crippen LogP contribution in [0, 0.1) is 10.1 Å². The van der Waals surface area contributed by atoms with Crippen LogP contribution in [0.4, 0.5) is 5.69 Å². The lowest BCUT2D eigenvalue weighted by molar-refractivity contribution is -0.384. The molecule has 0 saturated heterocycles. The van der Waals surface area contributed by atoms with Crippen molar-refractivity contribution < 1.29 is 9.72 Å². The molecule has 0 aliphatic heterocycles. The molecular weight excluding hydrogens is 298 g/mol. The van der Waals surface area contributed by atoms with Crippen LogP contribution >= 0.6 is 11.6 Å². The zero-order valence-corrected chi connectivity index (χ0v) is 11.9. The Morgan fingerprint density at radius 1 is 1.52 bits per heavy atom. The zero-order chi connectivity index (χ0) is 15.4. The fraction of sp³-hybridized carbons (Fsp3) is 0.250. The number of nitrogens with one attached hydrogen (secondary N) is 1. The molecule has 0 bridgehead atoms. The third-order valence-electron chi connectivity index (χ3n) is 2.86. The largest absolute Gasteiger partial charge is 0.352 e. The highest BCUT2D eigenvalue weighted by Crippen LogP contribution is 2.27. The number of hydrogen-bond acceptors (Lipinski definition) is 5. The average Bonchev–Trinajstić information content (AvgIpc) is 2.84. The Morgan fingerprint density at radius 2 is 2.29 bits per heavy atom. The van der Waals surface area contributed by atoms with Crippen molar-refractivity contribution in [2.45, 2.75) is 6.42 Å². The quantitative estimate of drug-likeness (QED) is 0.663. The van der Waals surface area contributed by atoms with Gasteiger partial charge in [0.2, 0.25) is 0 Å². The summed E-state index contributed by atoms with van der Waals surface area (Å²) in [4.78, 5) is 22.1. The summed E-state index contributed by atoms with van der Waals surface area (Å²) in [6, 6.07) is 4.10. The van der Waals surface area contributed by atoms with E-state index in [2.05, 4.69) is 15.5 Å². The number of nitro benzene ring substituents is 1. The molecule has 0 atom stereocenters. The normalized spacial score (nSPS) is 10.4. The van der Waals surface area contributed by atoms with Gasteiger partial charge in [0.1, 0.15) is 17.2 Å². The Balaban J connectivity index is 2.02. The van der Waals surface area contributed by atoms with Gasteiger partial charge in [-0.15, -0.1) is 10.2 Å². The minimum Gasteiger partial charge on any atom is -0.352 e. The van der Waals surface area contributed by atoms with Crippen LogP contribution in [-0.4, -0.2) is 32.1 Å². The molecule has 0 saturated carbocycles. The van der Waals surface area contributed by atoms with E-state index in [1.165, 1.54) is 18.2 Å². The predicted molar refractivity (Wildman–Crippen MR) is 75.1 cm³/mol. The van der Waals surface area contributed by atoms with E-state index in [-0.39, 0.29) is 16.3 Å². The van der Waals surface area contributed by atoms with Gasteiger partial charge in [0.15, 0.2) is 0 Å². The fourth-order valence-electron chi connectivity index (χ4n) is 1.75. The van der Waals surface area contributed by atoms with E-state index >= 15 is 0 Å². The number of halogens is 1. The van der Waals surface area contributed by atoms with Gasteiger partial charge in [0.25, 0.3) is 11.6 Å². The lowest BCUT2D eigenvalue weighted by Gasteiger charge is -2.06. The van der Waals surface area contributed by atoms with E-state index in [0.717, 1.165) is 5.82 Å². The Bertz CT molecular complexity index is 685. The molecule has 0 radical (unpaired) electrons. The summed E-state index contributed by atoms with van der Waals surface area (Å²) in [6.07, 6.45) is 2.06. The molecule has 2 rings (SSSR count). The molecule has 1 aromatic heterocycles. The van der Waals surface area contributed by atoms with Gasteiger partial charge >= 0.3 is 0 Å². The number of benzene rings is 1. The van der Waals surface area contributed by atoms with Crippen molar-refractivity contribution >= 4 is 23.2 Å². The van der Waals surface area contributed by atoms with E-state index in [9.17, 15) is 14.9 Å². The summed E-state index contributed by atoms with van der Waals surface area (Å²) in [5.41, 5.74) is -0.221. The number of nitro groups is 1. The van der Waals surface area contributed by atoms with Gasteiger partial charge in [-0.05, 0) is 6.07 Å². The standard InChI is InChI=1S/C12H12ClN5O3/c1-17-7-15-16-10(17)5-6-14-12(19)8-3-2-4-9(11(8)13)18(20)21/h2-4,7H,5-6H2,1H3,(H,14,19). The lowest BCUT2D eigenvalue weighted by atomic mass is 10.2. The number of hydrogen-bond donors (Lipinski definition) is 1. The minimum atomic E-state index is -0.626. The van der Waals surface area contributed by atoms with Crippen LogP contribution in [0.2, 0.25) is 5.02 Å². The first-order valence-corrected chi connectivity index (χ1v) is 6.42. The topological polar surface area (TPSA) is 103 Å². The first-order valence-electron chi connectivity index (χ1n) is 6.04. The SMILES string of the molecule is Cn1cnnc1CCNC(=O)c1cccc([N+](=O)[O-])c1Cl. The highest BCUT2D eigenvalue weighted by Gasteiger charge is 2.19. The van der Waals surface area contributed by atoms with Crippen LogP contribution in [-0.2, 0) is 13.5 Å². The number of aryl methyl sites for hydroxylation is 1. The number of aromatic nitrogens is 3. The van der Waals surface area contributed by atoms with Crippen molar-refractivity contribution in [1.29, 1.82) is 0 Å². The maximum Gasteiger partial charge on any atom is 0.288 e. The second kappa shape index (κ2) is 6.31. The van der Waals surface area contributed by atoms with Crippen molar-refractivity contribution in [3.8, 4) is 0 Å². The van der Waals surface area contributed by atoms with Gasteiger partial charge in [-0.1, -0.05) is 17.7 Å². The fourth-order valence-corrected chi connectivity index (χ4v) is 2.03. The van der Waals surface area contributed by atoms with Crippen molar-refractivity contribution in [3.63, 3.8) is 0 Å². The van der Waals surface area contributed by atoms with Crippen molar-refractivity contribution in [1.82, 2.24) is 20.1 Å². The molecule has 1 heterocycles. The summed E-state index contributed by atoms with van der Waals surface area (Å²) in [6.45, 7) is 0.324. The third kappa shape index (κ3) is 3.34. The van der Waals surface area contributed by atoms with Crippen LogP contribution in [0.15, 0.2) is 24.5 Å². The van der Waals surface area contributed by atoms with Crippen molar-refractivity contribution in [3.05, 3.63) is 51.1 Å². The molecule has 0 fully saturated rings. The average molecular weight is 310 g/mol. The Kier molecular flexibility index (Phi) is 4.49. The molecule has 0 aliphatic carbocycles. The summed E-state index contributed by atoms with van der Waals surface area (Å²) in [7, 11) is 1.80. The molecule has 21 heavy (non-hydrogen) atoms. The van der Waals surface area contributed by atoms with Gasteiger partial charge in [0, 0.05) is 26.1 Å². The van der Waals surface area contributed by atoms with E-state index in [1.807, 2.05) is 0 Å². The third-order valence-corrected chi connectivity index (χ3v) is 3.26. The lowest BCUT2D eigenvalue weighted by Crippen LogP contribution is -2.26. The summed E-state index contributed by atoms with van der Waals surface area (Å²) in [5, 5.41) is 20.9. The van der Waals surface area contributed by atoms with Crippen molar-refractivity contribution in [2.75, 3.05) is 6.54 Å². The molecule has 0 spiro atoms. The smallest absolute Gasteiger partial charge is 0.288 e. The van der Waals surface area contributed by atoms with Crippen LogP contribution in [0.5, 0.6) is 0 Å². The molecular formula is C12H12ClN5O3. The first-order chi connectivity index (χ1) is 10.0. The van der Waals surface area contributed by atoms with Crippen molar-refractivity contribution in [2.24, 2.45) is 7.05 Å². The first kappa shape index (κ1) is 14.9. The minimum absolute atomic E-state index is 0.0730. The second-order valence-electron chi connectivity index (χ2n) is 4.26.